The van der Waals surface area contributed by atoms with Gasteiger partial charge in [0, 0.05) is 5.92 Å². The first-order chi connectivity index (χ1) is 16.1. The summed E-state index contributed by atoms with van der Waals surface area (Å²) < 4.78 is 0. The topological polar surface area (TPSA) is 32.3 Å². The molecule has 2 aliphatic rings. The fourth-order valence-corrected chi connectivity index (χ4v) is 5.46. The standard InChI is InChI=1S/C31H37NO/c1-21(2)24-9-11-25(12-10-24)29-15-13-27-19-28(33)14-16-30(27)31(29)26-7-5-22(6-8-26)17-18-32-20-23-3-4-23/h5-12,14,16,19,21,23,29,31-33H,3-4,13,15,17-18,20H2,1-2H3/t29?,31-/m0/s1. The summed E-state index contributed by atoms with van der Waals surface area (Å²) in [6, 6.07) is 24.6. The van der Waals surface area contributed by atoms with Gasteiger partial charge >= 0.3 is 0 Å². The molecule has 0 spiro atoms. The number of aromatic hydroxyl groups is 1. The van der Waals surface area contributed by atoms with E-state index in [4.69, 9.17) is 0 Å². The van der Waals surface area contributed by atoms with Gasteiger partial charge in [0.15, 0.2) is 0 Å². The monoisotopic (exact) mass is 439 g/mol. The molecule has 0 amide bonds. The highest BCUT2D eigenvalue weighted by molar-refractivity contribution is 5.48. The van der Waals surface area contributed by atoms with Crippen molar-refractivity contribution >= 4 is 0 Å². The second-order valence-corrected chi connectivity index (χ2v) is 10.5. The van der Waals surface area contributed by atoms with Gasteiger partial charge in [-0.3, -0.25) is 0 Å². The van der Waals surface area contributed by atoms with Crippen LogP contribution in [0.15, 0.2) is 66.7 Å². The lowest BCUT2D eigenvalue weighted by Gasteiger charge is -2.35. The van der Waals surface area contributed by atoms with Crippen molar-refractivity contribution in [2.45, 2.75) is 63.7 Å². The molecule has 0 bridgehead atoms. The van der Waals surface area contributed by atoms with E-state index in [0.717, 1.165) is 31.7 Å². The van der Waals surface area contributed by atoms with Crippen LogP contribution in [0.25, 0.3) is 0 Å². The first-order valence-corrected chi connectivity index (χ1v) is 12.8. The van der Waals surface area contributed by atoms with Gasteiger partial charge in [-0.1, -0.05) is 68.4 Å². The summed E-state index contributed by atoms with van der Waals surface area (Å²) in [5.74, 6) is 2.64. The summed E-state index contributed by atoms with van der Waals surface area (Å²) in [5.41, 5.74) is 8.28. The molecule has 1 saturated carbocycles. The average Bonchev–Trinajstić information content (AvgIpc) is 3.66. The molecule has 0 radical (unpaired) electrons. The zero-order valence-electron chi connectivity index (χ0n) is 20.1. The highest BCUT2D eigenvalue weighted by atomic mass is 16.3. The van der Waals surface area contributed by atoms with E-state index < -0.39 is 0 Å². The van der Waals surface area contributed by atoms with Crippen LogP contribution in [0.1, 0.15) is 84.2 Å². The van der Waals surface area contributed by atoms with Crippen molar-refractivity contribution < 1.29 is 5.11 Å². The summed E-state index contributed by atoms with van der Waals surface area (Å²) in [6.07, 6.45) is 6.02. The van der Waals surface area contributed by atoms with Crippen LogP contribution in [0.5, 0.6) is 5.75 Å². The van der Waals surface area contributed by atoms with E-state index in [1.807, 2.05) is 12.1 Å². The van der Waals surface area contributed by atoms with E-state index in [2.05, 4.69) is 73.8 Å². The maximum Gasteiger partial charge on any atom is 0.115 e. The molecule has 2 heteroatoms. The summed E-state index contributed by atoms with van der Waals surface area (Å²) >= 11 is 0. The number of nitrogens with one attached hydrogen (secondary N) is 1. The van der Waals surface area contributed by atoms with Crippen molar-refractivity contribution in [3.63, 3.8) is 0 Å². The van der Waals surface area contributed by atoms with Gasteiger partial charge in [-0.15, -0.1) is 0 Å². The smallest absolute Gasteiger partial charge is 0.115 e. The van der Waals surface area contributed by atoms with Crippen LogP contribution in [-0.4, -0.2) is 18.2 Å². The summed E-state index contributed by atoms with van der Waals surface area (Å²) in [7, 11) is 0. The molecule has 2 aliphatic carbocycles. The molecule has 0 heterocycles. The zero-order valence-corrected chi connectivity index (χ0v) is 20.1. The molecule has 0 aromatic heterocycles. The van der Waals surface area contributed by atoms with Gasteiger partial charge in [0.1, 0.15) is 5.75 Å². The molecule has 2 N–H and O–H groups in total. The van der Waals surface area contributed by atoms with Crippen molar-refractivity contribution in [2.24, 2.45) is 5.92 Å². The minimum absolute atomic E-state index is 0.321. The molecular formula is C31H37NO. The summed E-state index contributed by atoms with van der Waals surface area (Å²) in [5, 5.41) is 13.7. The van der Waals surface area contributed by atoms with Gasteiger partial charge in [-0.2, -0.15) is 0 Å². The number of fused-ring (bicyclic) bond motifs is 1. The molecule has 0 saturated heterocycles. The van der Waals surface area contributed by atoms with Crippen molar-refractivity contribution in [3.8, 4) is 5.75 Å². The van der Waals surface area contributed by atoms with Crippen LogP contribution in [-0.2, 0) is 12.8 Å². The lowest BCUT2D eigenvalue weighted by molar-refractivity contribution is 0.469. The van der Waals surface area contributed by atoms with E-state index in [0.29, 0.717) is 23.5 Å². The van der Waals surface area contributed by atoms with Gasteiger partial charge in [0.25, 0.3) is 0 Å². The molecule has 3 aromatic carbocycles. The van der Waals surface area contributed by atoms with Crippen LogP contribution in [0.3, 0.4) is 0 Å². The van der Waals surface area contributed by atoms with Gasteiger partial charge in [-0.05, 0) is 108 Å². The van der Waals surface area contributed by atoms with E-state index in [9.17, 15) is 5.11 Å². The number of hydrogen-bond acceptors (Lipinski definition) is 2. The second-order valence-electron chi connectivity index (χ2n) is 10.5. The quantitative estimate of drug-likeness (QED) is 0.373. The maximum absolute atomic E-state index is 10.1. The van der Waals surface area contributed by atoms with E-state index in [-0.39, 0.29) is 0 Å². The SMILES string of the molecule is CC(C)c1ccc(C2CCc3cc(O)ccc3[C@H]2c2ccc(CCNCC3CC3)cc2)cc1. The Bertz CT molecular complexity index is 1060. The Morgan fingerprint density at radius 1 is 0.879 bits per heavy atom. The van der Waals surface area contributed by atoms with Crippen LogP contribution in [0.4, 0.5) is 0 Å². The Labute approximate surface area is 199 Å². The first kappa shape index (κ1) is 22.2. The fourth-order valence-electron chi connectivity index (χ4n) is 5.46. The van der Waals surface area contributed by atoms with E-state index in [1.165, 1.54) is 52.8 Å². The first-order valence-electron chi connectivity index (χ1n) is 12.8. The van der Waals surface area contributed by atoms with E-state index in [1.54, 1.807) is 0 Å². The molecule has 3 aromatic rings. The zero-order chi connectivity index (χ0) is 22.8. The average molecular weight is 440 g/mol. The Hall–Kier alpha value is -2.58. The van der Waals surface area contributed by atoms with Crippen molar-refractivity contribution in [2.75, 3.05) is 13.1 Å². The van der Waals surface area contributed by atoms with Gasteiger partial charge in [0.05, 0.1) is 0 Å². The van der Waals surface area contributed by atoms with Crippen molar-refractivity contribution in [1.82, 2.24) is 5.32 Å². The van der Waals surface area contributed by atoms with Crippen molar-refractivity contribution in [3.05, 3.63) is 100 Å². The lowest BCUT2D eigenvalue weighted by atomic mass is 9.69. The number of aryl methyl sites for hydroxylation is 1. The number of phenolic OH excluding ortho intramolecular Hbond substituents is 1. The van der Waals surface area contributed by atoms with Gasteiger partial charge in [0.2, 0.25) is 0 Å². The highest BCUT2D eigenvalue weighted by Gasteiger charge is 2.32. The molecule has 0 aliphatic heterocycles. The number of phenols is 1. The molecule has 2 atom stereocenters. The highest BCUT2D eigenvalue weighted by Crippen LogP contribution is 2.47. The predicted octanol–water partition coefficient (Wildman–Crippen LogP) is 6.92. The van der Waals surface area contributed by atoms with Crippen LogP contribution < -0.4 is 5.32 Å². The Balaban J connectivity index is 1.40. The third-order valence-electron chi connectivity index (χ3n) is 7.68. The Morgan fingerprint density at radius 3 is 2.30 bits per heavy atom. The van der Waals surface area contributed by atoms with Gasteiger partial charge < -0.3 is 10.4 Å². The van der Waals surface area contributed by atoms with Crippen molar-refractivity contribution in [1.29, 1.82) is 0 Å². The largest absolute Gasteiger partial charge is 0.508 e. The lowest BCUT2D eigenvalue weighted by Crippen LogP contribution is -2.21. The van der Waals surface area contributed by atoms with E-state index >= 15 is 0 Å². The number of hydrogen-bond donors (Lipinski definition) is 2. The predicted molar refractivity (Wildman–Crippen MR) is 137 cm³/mol. The molecule has 2 nitrogen and oxygen atoms in total. The second kappa shape index (κ2) is 9.73. The third-order valence-corrected chi connectivity index (χ3v) is 7.68. The minimum atomic E-state index is 0.321. The third kappa shape index (κ3) is 5.17. The number of rotatable bonds is 8. The maximum atomic E-state index is 10.1. The molecular weight excluding hydrogens is 402 g/mol. The summed E-state index contributed by atoms with van der Waals surface area (Å²) in [6.45, 7) is 6.75. The fraction of sp³-hybridized carbons (Fsp3) is 0.419. The normalized spacial score (nSPS) is 20.1. The number of benzene rings is 3. The molecule has 5 rings (SSSR count). The molecule has 172 valence electrons. The van der Waals surface area contributed by atoms with Crippen LogP contribution >= 0.6 is 0 Å². The molecule has 33 heavy (non-hydrogen) atoms. The molecule has 1 unspecified atom stereocenters. The Kier molecular flexibility index (Phi) is 6.55. The van der Waals surface area contributed by atoms with Gasteiger partial charge in [-0.25, -0.2) is 0 Å². The van der Waals surface area contributed by atoms with Crippen LogP contribution in [0, 0.1) is 5.92 Å². The minimum Gasteiger partial charge on any atom is -0.508 e. The Morgan fingerprint density at radius 2 is 1.61 bits per heavy atom. The van der Waals surface area contributed by atoms with Crippen LogP contribution in [0.2, 0.25) is 0 Å². The summed E-state index contributed by atoms with van der Waals surface area (Å²) in [4.78, 5) is 0. The molecule has 1 fully saturated rings.